The van der Waals surface area contributed by atoms with Crippen molar-refractivity contribution in [3.63, 3.8) is 0 Å². The van der Waals surface area contributed by atoms with Crippen LogP contribution in [-0.4, -0.2) is 36.7 Å². The maximum absolute atomic E-state index is 11.3. The first-order chi connectivity index (χ1) is 8.16. The Morgan fingerprint density at radius 2 is 2.24 bits per heavy atom. The molecule has 2 rings (SSSR count). The third kappa shape index (κ3) is 3.19. The molecular formula is C10H14N4OS2. The van der Waals surface area contributed by atoms with Crippen LogP contribution in [-0.2, 0) is 10.8 Å². The molecule has 2 heterocycles. The summed E-state index contributed by atoms with van der Waals surface area (Å²) >= 11 is 4.95. The van der Waals surface area contributed by atoms with Gasteiger partial charge in [-0.15, -0.1) is 0 Å². The lowest BCUT2D eigenvalue weighted by atomic mass is 10.1. The molecule has 0 aromatic carbocycles. The summed E-state index contributed by atoms with van der Waals surface area (Å²) in [5.41, 5.74) is 6.27. The van der Waals surface area contributed by atoms with Gasteiger partial charge in [0.15, 0.2) is 0 Å². The number of rotatable bonds is 3. The quantitative estimate of drug-likeness (QED) is 0.776. The lowest BCUT2D eigenvalue weighted by Crippen LogP contribution is -2.30. The van der Waals surface area contributed by atoms with E-state index in [2.05, 4.69) is 15.3 Å². The molecule has 5 nitrogen and oxygen atoms in total. The first-order valence-corrected chi connectivity index (χ1v) is 7.28. The molecule has 1 fully saturated rings. The molecule has 0 unspecified atom stereocenters. The Morgan fingerprint density at radius 1 is 1.53 bits per heavy atom. The highest BCUT2D eigenvalue weighted by Gasteiger charge is 2.19. The second-order valence-corrected chi connectivity index (χ2v) is 6.05. The summed E-state index contributed by atoms with van der Waals surface area (Å²) < 4.78 is 11.3. The smallest absolute Gasteiger partial charge is 0.139 e. The van der Waals surface area contributed by atoms with Crippen molar-refractivity contribution in [2.75, 3.05) is 16.8 Å². The number of thiocarbonyl (C=S) groups is 1. The average molecular weight is 270 g/mol. The van der Waals surface area contributed by atoms with Crippen LogP contribution in [0.4, 0.5) is 5.82 Å². The fraction of sp³-hybridized carbons (Fsp3) is 0.500. The minimum absolute atomic E-state index is 0.285. The van der Waals surface area contributed by atoms with Gasteiger partial charge in [-0.1, -0.05) is 12.2 Å². The van der Waals surface area contributed by atoms with Crippen LogP contribution in [0.3, 0.4) is 0 Å². The standard InChI is InChI=1S/C10H14N4OS2/c11-9(16)8-5-12-6-13-10(8)14-7-1-3-17(15)4-2-7/h5-7H,1-4H2,(H2,11,16)(H,12,13,14). The molecule has 0 bridgehead atoms. The van der Waals surface area contributed by atoms with Gasteiger partial charge in [-0.25, -0.2) is 9.97 Å². The second-order valence-electron chi connectivity index (χ2n) is 3.92. The molecule has 92 valence electrons. The van der Waals surface area contributed by atoms with E-state index in [1.165, 1.54) is 6.33 Å². The molecule has 0 amide bonds. The van der Waals surface area contributed by atoms with Gasteiger partial charge >= 0.3 is 0 Å². The maximum atomic E-state index is 11.3. The molecule has 7 heteroatoms. The van der Waals surface area contributed by atoms with Gasteiger partial charge in [0.05, 0.1) is 5.56 Å². The zero-order chi connectivity index (χ0) is 12.3. The average Bonchev–Trinajstić information content (AvgIpc) is 2.32. The first kappa shape index (κ1) is 12.4. The van der Waals surface area contributed by atoms with Crippen LogP contribution in [0.15, 0.2) is 12.5 Å². The predicted octanol–water partition coefficient (Wildman–Crippen LogP) is 0.434. The number of nitrogens with two attached hydrogens (primary N) is 1. The molecule has 0 radical (unpaired) electrons. The molecule has 0 spiro atoms. The van der Waals surface area contributed by atoms with Crippen molar-refractivity contribution in [2.24, 2.45) is 5.73 Å². The molecule has 3 N–H and O–H groups in total. The molecule has 1 aromatic heterocycles. The normalized spacial score (nSPS) is 24.2. The zero-order valence-electron chi connectivity index (χ0n) is 9.26. The fourth-order valence-corrected chi connectivity index (χ4v) is 3.20. The Morgan fingerprint density at radius 3 is 2.88 bits per heavy atom. The van der Waals surface area contributed by atoms with E-state index in [1.54, 1.807) is 6.20 Å². The van der Waals surface area contributed by atoms with Gasteiger partial charge in [0, 0.05) is 34.5 Å². The summed E-state index contributed by atoms with van der Waals surface area (Å²) in [6, 6.07) is 0.288. The van der Waals surface area contributed by atoms with Crippen LogP contribution < -0.4 is 11.1 Å². The monoisotopic (exact) mass is 270 g/mol. The Hall–Kier alpha value is -1.08. The van der Waals surface area contributed by atoms with E-state index in [4.69, 9.17) is 18.0 Å². The lowest BCUT2D eigenvalue weighted by Gasteiger charge is -2.23. The van der Waals surface area contributed by atoms with E-state index in [0.717, 1.165) is 24.3 Å². The fourth-order valence-electron chi connectivity index (χ4n) is 1.76. The van der Waals surface area contributed by atoms with E-state index in [1.807, 2.05) is 0 Å². The first-order valence-electron chi connectivity index (χ1n) is 5.38. The summed E-state index contributed by atoms with van der Waals surface area (Å²) in [5.74, 6) is 2.15. The van der Waals surface area contributed by atoms with Gasteiger partial charge in [-0.3, -0.25) is 4.21 Å². The third-order valence-electron chi connectivity index (χ3n) is 2.71. The Kier molecular flexibility index (Phi) is 4.01. The van der Waals surface area contributed by atoms with Gasteiger partial charge in [0.25, 0.3) is 0 Å². The number of hydrogen-bond acceptors (Lipinski definition) is 5. The number of anilines is 1. The maximum Gasteiger partial charge on any atom is 0.139 e. The minimum Gasteiger partial charge on any atom is -0.389 e. The van der Waals surface area contributed by atoms with Crippen molar-refractivity contribution in [2.45, 2.75) is 18.9 Å². The summed E-state index contributed by atoms with van der Waals surface area (Å²) in [4.78, 5) is 8.34. The molecule has 0 atom stereocenters. The highest BCUT2D eigenvalue weighted by molar-refractivity contribution is 7.85. The SMILES string of the molecule is NC(=S)c1cncnc1NC1CCS(=O)CC1. The third-order valence-corrected chi connectivity index (χ3v) is 4.31. The van der Waals surface area contributed by atoms with Crippen LogP contribution in [0.5, 0.6) is 0 Å². The largest absolute Gasteiger partial charge is 0.389 e. The van der Waals surface area contributed by atoms with E-state index >= 15 is 0 Å². The van der Waals surface area contributed by atoms with E-state index < -0.39 is 10.8 Å². The topological polar surface area (TPSA) is 80.9 Å². The summed E-state index contributed by atoms with van der Waals surface area (Å²) in [6.07, 6.45) is 4.84. The van der Waals surface area contributed by atoms with Crippen LogP contribution >= 0.6 is 12.2 Å². The zero-order valence-corrected chi connectivity index (χ0v) is 10.9. The van der Waals surface area contributed by atoms with E-state index in [9.17, 15) is 4.21 Å². The van der Waals surface area contributed by atoms with Gasteiger partial charge in [0.2, 0.25) is 0 Å². The van der Waals surface area contributed by atoms with Crippen molar-refractivity contribution < 1.29 is 4.21 Å². The van der Waals surface area contributed by atoms with Gasteiger partial charge in [0.1, 0.15) is 17.1 Å². The van der Waals surface area contributed by atoms with E-state index in [0.29, 0.717) is 11.4 Å². The van der Waals surface area contributed by atoms with Crippen LogP contribution in [0.25, 0.3) is 0 Å². The van der Waals surface area contributed by atoms with E-state index in [-0.39, 0.29) is 11.0 Å². The highest BCUT2D eigenvalue weighted by Crippen LogP contribution is 2.17. The predicted molar refractivity (Wildman–Crippen MR) is 72.4 cm³/mol. The molecular weight excluding hydrogens is 256 g/mol. The number of aromatic nitrogens is 2. The number of hydrogen-bond donors (Lipinski definition) is 2. The molecule has 1 aliphatic heterocycles. The minimum atomic E-state index is -0.656. The van der Waals surface area contributed by atoms with Crippen LogP contribution in [0.2, 0.25) is 0 Å². The Bertz CT molecular complexity index is 442. The van der Waals surface area contributed by atoms with Gasteiger partial charge < -0.3 is 11.1 Å². The molecule has 0 saturated carbocycles. The second kappa shape index (κ2) is 5.50. The summed E-state index contributed by atoms with van der Waals surface area (Å²) in [6.45, 7) is 0. The number of nitrogens with zero attached hydrogens (tertiary/aromatic N) is 2. The molecule has 1 aliphatic rings. The van der Waals surface area contributed by atoms with Crippen molar-refractivity contribution in [1.82, 2.24) is 9.97 Å². The molecule has 17 heavy (non-hydrogen) atoms. The lowest BCUT2D eigenvalue weighted by molar-refractivity contribution is 0.622. The van der Waals surface area contributed by atoms with Gasteiger partial charge in [-0.05, 0) is 12.8 Å². The van der Waals surface area contributed by atoms with Gasteiger partial charge in [-0.2, -0.15) is 0 Å². The number of nitrogens with one attached hydrogen (secondary N) is 1. The molecule has 1 saturated heterocycles. The Labute approximate surface area is 108 Å². The van der Waals surface area contributed by atoms with Crippen LogP contribution in [0.1, 0.15) is 18.4 Å². The molecule has 0 aliphatic carbocycles. The van der Waals surface area contributed by atoms with Crippen molar-refractivity contribution >= 4 is 33.8 Å². The van der Waals surface area contributed by atoms with Crippen molar-refractivity contribution in [3.05, 3.63) is 18.1 Å². The van der Waals surface area contributed by atoms with Crippen molar-refractivity contribution in [3.8, 4) is 0 Å². The summed E-state index contributed by atoms with van der Waals surface area (Å²) in [7, 11) is -0.656. The highest BCUT2D eigenvalue weighted by atomic mass is 32.2. The van der Waals surface area contributed by atoms with Crippen LogP contribution in [0, 0.1) is 0 Å². The van der Waals surface area contributed by atoms with Crippen molar-refractivity contribution in [1.29, 1.82) is 0 Å². The summed E-state index contributed by atoms with van der Waals surface area (Å²) in [5, 5.41) is 3.30. The molecule has 1 aromatic rings. The Balaban J connectivity index is 2.08.